The molecule has 2 fully saturated rings. The van der Waals surface area contributed by atoms with Crippen molar-refractivity contribution in [2.75, 3.05) is 24.6 Å². The lowest BCUT2D eigenvalue weighted by Crippen LogP contribution is -2.41. The van der Waals surface area contributed by atoms with Crippen LogP contribution < -0.4 is 9.64 Å². The zero-order chi connectivity index (χ0) is 18.4. The Morgan fingerprint density at radius 1 is 1.22 bits per heavy atom. The Morgan fingerprint density at radius 3 is 2.93 bits per heavy atom. The van der Waals surface area contributed by atoms with E-state index in [1.165, 1.54) is 11.1 Å². The van der Waals surface area contributed by atoms with Gasteiger partial charge in [0.25, 0.3) is 0 Å². The van der Waals surface area contributed by atoms with Crippen LogP contribution in [0, 0.1) is 0 Å². The maximum atomic E-state index is 6.16. The third-order valence-corrected chi connectivity index (χ3v) is 5.65. The fraction of sp³-hybridized carbons (Fsp3) is 0.455. The van der Waals surface area contributed by atoms with Crippen molar-refractivity contribution < 1.29 is 9.47 Å². The molecular formula is C22H25N3O2. The summed E-state index contributed by atoms with van der Waals surface area (Å²) in [5.41, 5.74) is 4.64. The molecule has 3 aliphatic rings. The van der Waals surface area contributed by atoms with Crippen molar-refractivity contribution in [2.45, 2.75) is 44.9 Å². The van der Waals surface area contributed by atoms with Gasteiger partial charge in [0.15, 0.2) is 0 Å². The minimum atomic E-state index is 0.0288. The number of fused-ring (bicyclic) bond motifs is 1. The molecule has 0 N–H and O–H groups in total. The van der Waals surface area contributed by atoms with Crippen LogP contribution in [-0.2, 0) is 11.3 Å². The molecule has 1 atom stereocenters. The Labute approximate surface area is 160 Å². The van der Waals surface area contributed by atoms with Crippen LogP contribution in [0.4, 0.5) is 5.82 Å². The van der Waals surface area contributed by atoms with Gasteiger partial charge in [-0.3, -0.25) is 4.99 Å². The number of hydrogen-bond acceptors (Lipinski definition) is 5. The third kappa shape index (κ3) is 3.32. The fourth-order valence-electron chi connectivity index (χ4n) is 3.80. The van der Waals surface area contributed by atoms with Crippen molar-refractivity contribution in [1.82, 2.24) is 4.98 Å². The first-order valence-corrected chi connectivity index (χ1v) is 9.79. The molecule has 1 saturated heterocycles. The van der Waals surface area contributed by atoms with E-state index in [1.807, 2.05) is 6.20 Å². The van der Waals surface area contributed by atoms with Crippen LogP contribution >= 0.6 is 0 Å². The summed E-state index contributed by atoms with van der Waals surface area (Å²) in [5.74, 6) is 1.94. The van der Waals surface area contributed by atoms with E-state index in [2.05, 4.69) is 54.1 Å². The molecule has 0 radical (unpaired) electrons. The molecule has 1 aromatic carbocycles. The van der Waals surface area contributed by atoms with Crippen molar-refractivity contribution in [3.05, 3.63) is 53.2 Å². The van der Waals surface area contributed by atoms with E-state index in [4.69, 9.17) is 14.5 Å². The molecule has 0 bridgehead atoms. The Morgan fingerprint density at radius 2 is 2.11 bits per heavy atom. The van der Waals surface area contributed by atoms with Crippen molar-refractivity contribution in [3.63, 3.8) is 0 Å². The topological polar surface area (TPSA) is 47.0 Å². The molecule has 1 aromatic heterocycles. The van der Waals surface area contributed by atoms with E-state index in [0.717, 1.165) is 61.9 Å². The molecule has 0 unspecified atom stereocenters. The maximum absolute atomic E-state index is 6.16. The number of aromatic nitrogens is 1. The first kappa shape index (κ1) is 16.8. The minimum Gasteiger partial charge on any atom is -0.488 e. The Balaban J connectivity index is 1.43. The van der Waals surface area contributed by atoms with Crippen LogP contribution in [-0.4, -0.2) is 42.1 Å². The van der Waals surface area contributed by atoms with Crippen LogP contribution in [0.15, 0.2) is 41.5 Å². The van der Waals surface area contributed by atoms with Crippen LogP contribution in [0.5, 0.6) is 5.75 Å². The second kappa shape index (κ2) is 6.34. The highest BCUT2D eigenvalue weighted by Crippen LogP contribution is 2.40. The summed E-state index contributed by atoms with van der Waals surface area (Å²) in [6, 6.07) is 10.6. The van der Waals surface area contributed by atoms with E-state index in [-0.39, 0.29) is 11.7 Å². The van der Waals surface area contributed by atoms with Crippen molar-refractivity contribution in [1.29, 1.82) is 0 Å². The molecule has 1 aliphatic carbocycles. The molecule has 5 rings (SSSR count). The van der Waals surface area contributed by atoms with Gasteiger partial charge in [-0.1, -0.05) is 6.07 Å². The molecule has 27 heavy (non-hydrogen) atoms. The molecule has 140 valence electrons. The predicted molar refractivity (Wildman–Crippen MR) is 106 cm³/mol. The smallest absolute Gasteiger partial charge is 0.129 e. The van der Waals surface area contributed by atoms with Gasteiger partial charge in [0.1, 0.15) is 17.2 Å². The SMILES string of the molecule is C[C@@H]1CN(c2cc(C3=NCc4ccc(OC5(C)CC5)cc43)ccn2)CCO1. The van der Waals surface area contributed by atoms with Gasteiger partial charge in [-0.2, -0.15) is 0 Å². The molecular weight excluding hydrogens is 338 g/mol. The summed E-state index contributed by atoms with van der Waals surface area (Å²) in [7, 11) is 0. The van der Waals surface area contributed by atoms with E-state index in [1.54, 1.807) is 0 Å². The number of pyridine rings is 1. The second-order valence-electron chi connectivity index (χ2n) is 8.07. The lowest BCUT2D eigenvalue weighted by molar-refractivity contribution is 0.0529. The van der Waals surface area contributed by atoms with Crippen molar-refractivity contribution in [2.24, 2.45) is 4.99 Å². The quantitative estimate of drug-likeness (QED) is 0.833. The average Bonchev–Trinajstić information content (AvgIpc) is 3.25. The maximum Gasteiger partial charge on any atom is 0.129 e. The largest absolute Gasteiger partial charge is 0.488 e. The highest BCUT2D eigenvalue weighted by molar-refractivity contribution is 6.15. The summed E-state index contributed by atoms with van der Waals surface area (Å²) in [5, 5.41) is 0. The Hall–Kier alpha value is -2.40. The lowest BCUT2D eigenvalue weighted by Gasteiger charge is -2.32. The van der Waals surface area contributed by atoms with Crippen LogP contribution in [0.2, 0.25) is 0 Å². The zero-order valence-electron chi connectivity index (χ0n) is 15.9. The molecule has 5 nitrogen and oxygen atoms in total. The van der Waals surface area contributed by atoms with Crippen molar-refractivity contribution in [3.8, 4) is 5.75 Å². The normalized spacial score (nSPS) is 23.0. The van der Waals surface area contributed by atoms with Crippen LogP contribution in [0.1, 0.15) is 43.4 Å². The van der Waals surface area contributed by atoms with Gasteiger partial charge >= 0.3 is 0 Å². The van der Waals surface area contributed by atoms with Gasteiger partial charge in [0.2, 0.25) is 0 Å². The summed E-state index contributed by atoms with van der Waals surface area (Å²) >= 11 is 0. The minimum absolute atomic E-state index is 0.0288. The van der Waals surface area contributed by atoms with Gasteiger partial charge < -0.3 is 14.4 Å². The number of nitrogens with zero attached hydrogens (tertiary/aromatic N) is 3. The van der Waals surface area contributed by atoms with Crippen LogP contribution in [0.25, 0.3) is 0 Å². The molecule has 2 aliphatic heterocycles. The lowest BCUT2D eigenvalue weighted by atomic mass is 10.0. The number of aliphatic imine (C=N–C) groups is 1. The Bertz CT molecular complexity index is 904. The third-order valence-electron chi connectivity index (χ3n) is 5.65. The molecule has 0 spiro atoms. The number of benzene rings is 1. The summed E-state index contributed by atoms with van der Waals surface area (Å²) in [4.78, 5) is 11.7. The van der Waals surface area contributed by atoms with E-state index in [0.29, 0.717) is 0 Å². The van der Waals surface area contributed by atoms with E-state index >= 15 is 0 Å². The standard InChI is InChI=1S/C22H25N3O2/c1-15-14-25(9-10-26-15)20-11-16(5-8-23-20)21-19-12-18(27-22(2)6-7-22)4-3-17(19)13-24-21/h3-5,8,11-12,15H,6-7,9-10,13-14H2,1-2H3/t15-/m1/s1. The van der Waals surface area contributed by atoms with E-state index < -0.39 is 0 Å². The first-order chi connectivity index (χ1) is 13.1. The summed E-state index contributed by atoms with van der Waals surface area (Å²) in [6.45, 7) is 7.50. The first-order valence-electron chi connectivity index (χ1n) is 9.79. The molecule has 3 heterocycles. The van der Waals surface area contributed by atoms with Gasteiger partial charge in [-0.15, -0.1) is 0 Å². The zero-order valence-corrected chi connectivity index (χ0v) is 15.9. The van der Waals surface area contributed by atoms with Crippen molar-refractivity contribution >= 4 is 11.5 Å². The second-order valence-corrected chi connectivity index (χ2v) is 8.07. The fourth-order valence-corrected chi connectivity index (χ4v) is 3.80. The van der Waals surface area contributed by atoms with Gasteiger partial charge in [-0.25, -0.2) is 4.98 Å². The van der Waals surface area contributed by atoms with Crippen LogP contribution in [0.3, 0.4) is 0 Å². The Kier molecular flexibility index (Phi) is 3.93. The number of anilines is 1. The molecule has 0 amide bonds. The summed E-state index contributed by atoms with van der Waals surface area (Å²) in [6.07, 6.45) is 4.39. The van der Waals surface area contributed by atoms with Gasteiger partial charge in [0, 0.05) is 30.4 Å². The monoisotopic (exact) mass is 363 g/mol. The van der Waals surface area contributed by atoms with Gasteiger partial charge in [0.05, 0.1) is 25.0 Å². The highest BCUT2D eigenvalue weighted by Gasteiger charge is 2.40. The molecule has 2 aromatic rings. The number of morpholine rings is 1. The summed E-state index contributed by atoms with van der Waals surface area (Å²) < 4.78 is 11.8. The molecule has 1 saturated carbocycles. The molecule has 5 heteroatoms. The number of rotatable bonds is 4. The number of hydrogen-bond donors (Lipinski definition) is 0. The van der Waals surface area contributed by atoms with E-state index in [9.17, 15) is 0 Å². The number of ether oxygens (including phenoxy) is 2. The highest BCUT2D eigenvalue weighted by atomic mass is 16.5. The van der Waals surface area contributed by atoms with Gasteiger partial charge in [-0.05, 0) is 56.5 Å². The average molecular weight is 363 g/mol. The predicted octanol–water partition coefficient (Wildman–Crippen LogP) is 3.59.